The molecule has 0 aliphatic rings. The maximum atomic E-state index is 12.3. The predicted molar refractivity (Wildman–Crippen MR) is 55.8 cm³/mol. The normalized spacial score (nSPS) is 13.9. The maximum Gasteiger partial charge on any atom is 0.407 e. The fourth-order valence-electron chi connectivity index (χ4n) is 1.13. The molecule has 15 heavy (non-hydrogen) atoms. The number of hydrogen-bond donors (Lipinski definition) is 1. The number of thioether (sulfide) groups is 1. The van der Waals surface area contributed by atoms with Crippen molar-refractivity contribution in [3.05, 3.63) is 29.8 Å². The van der Waals surface area contributed by atoms with Crippen LogP contribution in [0.1, 0.15) is 18.5 Å². The number of benzene rings is 1. The van der Waals surface area contributed by atoms with Crippen LogP contribution in [-0.2, 0) is 0 Å². The molecule has 1 aromatic rings. The van der Waals surface area contributed by atoms with Crippen LogP contribution < -0.4 is 5.73 Å². The molecule has 0 heterocycles. The maximum absolute atomic E-state index is 12.3. The van der Waals surface area contributed by atoms with Crippen LogP contribution in [0.25, 0.3) is 0 Å². The molecule has 0 spiro atoms. The molecule has 1 rings (SSSR count). The van der Waals surface area contributed by atoms with Gasteiger partial charge in [0.15, 0.2) is 0 Å². The highest BCUT2D eigenvalue weighted by Crippen LogP contribution is 2.31. The van der Waals surface area contributed by atoms with Crippen molar-refractivity contribution in [3.8, 4) is 0 Å². The Morgan fingerprint density at radius 3 is 2.20 bits per heavy atom. The van der Waals surface area contributed by atoms with Gasteiger partial charge in [0.05, 0.1) is 0 Å². The Kier molecular flexibility index (Phi) is 4.04. The highest BCUT2D eigenvalue weighted by molar-refractivity contribution is 7.99. The van der Waals surface area contributed by atoms with Gasteiger partial charge in [0.25, 0.3) is 0 Å². The van der Waals surface area contributed by atoms with Crippen molar-refractivity contribution in [1.29, 1.82) is 0 Å². The van der Waals surface area contributed by atoms with E-state index in [0.29, 0.717) is 0 Å². The van der Waals surface area contributed by atoms with Crippen molar-refractivity contribution in [2.75, 3.05) is 5.75 Å². The average Bonchev–Trinajstić information content (AvgIpc) is 2.17. The summed E-state index contributed by atoms with van der Waals surface area (Å²) in [6, 6.07) is 4.29. The Morgan fingerprint density at radius 2 is 1.80 bits per heavy atom. The second-order valence-corrected chi connectivity index (χ2v) is 4.36. The predicted octanol–water partition coefficient (Wildman–Crippen LogP) is 3.36. The van der Waals surface area contributed by atoms with Crippen LogP contribution in [0, 0.1) is 0 Å². The third kappa shape index (κ3) is 3.43. The Bertz CT molecular complexity index is 307. The lowest BCUT2D eigenvalue weighted by atomic mass is 10.1. The van der Waals surface area contributed by atoms with Gasteiger partial charge in [-0.1, -0.05) is 19.1 Å². The van der Waals surface area contributed by atoms with Gasteiger partial charge in [-0.25, -0.2) is 0 Å². The van der Waals surface area contributed by atoms with Gasteiger partial charge in [-0.15, -0.1) is 11.8 Å². The van der Waals surface area contributed by atoms with Crippen LogP contribution in [0.2, 0.25) is 0 Å². The van der Waals surface area contributed by atoms with Crippen LogP contribution in [0.4, 0.5) is 13.2 Å². The van der Waals surface area contributed by atoms with Crippen molar-refractivity contribution in [1.82, 2.24) is 0 Å². The van der Waals surface area contributed by atoms with Crippen molar-refractivity contribution < 1.29 is 13.2 Å². The van der Waals surface area contributed by atoms with Crippen LogP contribution in [0.15, 0.2) is 29.2 Å². The van der Waals surface area contributed by atoms with E-state index in [1.165, 1.54) is 12.1 Å². The van der Waals surface area contributed by atoms with Gasteiger partial charge in [0, 0.05) is 4.90 Å². The first kappa shape index (κ1) is 12.4. The molecule has 1 aromatic carbocycles. The number of rotatable bonds is 3. The Morgan fingerprint density at radius 1 is 1.27 bits per heavy atom. The van der Waals surface area contributed by atoms with E-state index >= 15 is 0 Å². The summed E-state index contributed by atoms with van der Waals surface area (Å²) in [5, 5.41) is 0. The lowest BCUT2D eigenvalue weighted by molar-refractivity contribution is -0.149. The summed E-state index contributed by atoms with van der Waals surface area (Å²) < 4.78 is 36.8. The van der Waals surface area contributed by atoms with Gasteiger partial charge < -0.3 is 5.73 Å². The topological polar surface area (TPSA) is 26.0 Å². The van der Waals surface area contributed by atoms with Gasteiger partial charge >= 0.3 is 6.18 Å². The standard InChI is InChI=1S/C10H12F3NS/c1-2-15-8-5-3-7(4-6-8)9(14)10(11,12)13/h3-6,9H,2,14H2,1H3/t9-/m1/s1. The molecule has 0 radical (unpaired) electrons. The minimum Gasteiger partial charge on any atom is -0.316 e. The zero-order chi connectivity index (χ0) is 11.5. The third-order valence-corrected chi connectivity index (χ3v) is 2.80. The van der Waals surface area contributed by atoms with Crippen molar-refractivity contribution >= 4 is 11.8 Å². The molecule has 0 aromatic heterocycles. The van der Waals surface area contributed by atoms with Crippen molar-refractivity contribution in [2.24, 2.45) is 5.73 Å². The molecule has 0 amide bonds. The summed E-state index contributed by atoms with van der Waals surface area (Å²) >= 11 is 1.58. The quantitative estimate of drug-likeness (QED) is 0.813. The molecule has 0 fully saturated rings. The first-order valence-electron chi connectivity index (χ1n) is 4.50. The van der Waals surface area contributed by atoms with Crippen LogP contribution in [0.5, 0.6) is 0 Å². The molecular weight excluding hydrogens is 223 g/mol. The minimum atomic E-state index is -4.38. The highest BCUT2D eigenvalue weighted by atomic mass is 32.2. The van der Waals surface area contributed by atoms with E-state index in [2.05, 4.69) is 0 Å². The van der Waals surface area contributed by atoms with Gasteiger partial charge in [0.2, 0.25) is 0 Å². The molecule has 0 bridgehead atoms. The molecule has 1 nitrogen and oxygen atoms in total. The van der Waals surface area contributed by atoms with E-state index in [0.717, 1.165) is 10.6 Å². The number of alkyl halides is 3. The molecule has 0 aliphatic heterocycles. The van der Waals surface area contributed by atoms with Crippen LogP contribution >= 0.6 is 11.8 Å². The van der Waals surface area contributed by atoms with Gasteiger partial charge in [-0.2, -0.15) is 13.2 Å². The van der Waals surface area contributed by atoms with E-state index in [4.69, 9.17) is 5.73 Å². The second kappa shape index (κ2) is 4.90. The first-order chi connectivity index (χ1) is 6.95. The molecule has 0 aliphatic carbocycles. The summed E-state index contributed by atoms with van der Waals surface area (Å²) in [5.74, 6) is 0.894. The lowest BCUT2D eigenvalue weighted by Crippen LogP contribution is -2.28. The molecule has 2 N–H and O–H groups in total. The largest absolute Gasteiger partial charge is 0.407 e. The Hall–Kier alpha value is -0.680. The molecular formula is C10H12F3NS. The monoisotopic (exact) mass is 235 g/mol. The molecule has 0 unspecified atom stereocenters. The highest BCUT2D eigenvalue weighted by Gasteiger charge is 2.37. The van der Waals surface area contributed by atoms with Crippen LogP contribution in [-0.4, -0.2) is 11.9 Å². The average molecular weight is 235 g/mol. The van der Waals surface area contributed by atoms with E-state index in [1.807, 2.05) is 6.92 Å². The fourth-order valence-corrected chi connectivity index (χ4v) is 1.79. The minimum absolute atomic E-state index is 0.1000. The molecule has 0 saturated carbocycles. The fraction of sp³-hybridized carbons (Fsp3) is 0.400. The summed E-state index contributed by atoms with van der Waals surface area (Å²) in [4.78, 5) is 0.954. The molecule has 0 saturated heterocycles. The van der Waals surface area contributed by atoms with Crippen molar-refractivity contribution in [2.45, 2.75) is 24.0 Å². The van der Waals surface area contributed by atoms with E-state index < -0.39 is 12.2 Å². The summed E-state index contributed by atoms with van der Waals surface area (Å²) in [6.45, 7) is 1.99. The third-order valence-electron chi connectivity index (χ3n) is 1.90. The zero-order valence-corrected chi connectivity index (χ0v) is 9.03. The summed E-state index contributed by atoms with van der Waals surface area (Å²) in [7, 11) is 0. The van der Waals surface area contributed by atoms with Gasteiger partial charge in [0.1, 0.15) is 6.04 Å². The smallest absolute Gasteiger partial charge is 0.316 e. The van der Waals surface area contributed by atoms with Crippen LogP contribution in [0.3, 0.4) is 0 Å². The SMILES string of the molecule is CCSc1ccc([C@@H](N)C(F)(F)F)cc1. The van der Waals surface area contributed by atoms with Gasteiger partial charge in [-0.3, -0.25) is 0 Å². The first-order valence-corrected chi connectivity index (χ1v) is 5.48. The van der Waals surface area contributed by atoms with Crippen molar-refractivity contribution in [3.63, 3.8) is 0 Å². The molecule has 1 atom stereocenters. The zero-order valence-electron chi connectivity index (χ0n) is 8.21. The number of hydrogen-bond acceptors (Lipinski definition) is 2. The Balaban J connectivity index is 2.80. The number of nitrogens with two attached hydrogens (primary N) is 1. The summed E-state index contributed by atoms with van der Waals surface area (Å²) in [6.07, 6.45) is -4.38. The van der Waals surface area contributed by atoms with Gasteiger partial charge in [-0.05, 0) is 23.4 Å². The van der Waals surface area contributed by atoms with E-state index in [-0.39, 0.29) is 5.56 Å². The number of halogens is 3. The summed E-state index contributed by atoms with van der Waals surface area (Å²) in [5.41, 5.74) is 5.16. The second-order valence-electron chi connectivity index (χ2n) is 3.02. The lowest BCUT2D eigenvalue weighted by Gasteiger charge is -2.15. The van der Waals surface area contributed by atoms with E-state index in [1.54, 1.807) is 23.9 Å². The van der Waals surface area contributed by atoms with E-state index in [9.17, 15) is 13.2 Å². The molecule has 5 heteroatoms. The molecule has 84 valence electrons. The Labute approximate surface area is 90.9 Å².